The number of carbonyl (C=O) groups is 1. The van der Waals surface area contributed by atoms with Gasteiger partial charge in [0.1, 0.15) is 10.1 Å². The minimum Gasteiger partial charge on any atom is -0.293 e. The third-order valence-corrected chi connectivity index (χ3v) is 6.89. The second kappa shape index (κ2) is 9.75. The number of thiocarbonyl (C=S) groups is 1. The van der Waals surface area contributed by atoms with Gasteiger partial charge >= 0.3 is 0 Å². The predicted molar refractivity (Wildman–Crippen MR) is 139 cm³/mol. The molecule has 0 bridgehead atoms. The lowest BCUT2D eigenvalue weighted by atomic mass is 10.1. The summed E-state index contributed by atoms with van der Waals surface area (Å²) in [4.78, 5) is 15.4. The van der Waals surface area contributed by atoms with Crippen LogP contribution in [0.15, 0.2) is 96.0 Å². The van der Waals surface area contributed by atoms with Crippen LogP contribution in [0, 0.1) is 5.82 Å². The Morgan fingerprint density at radius 1 is 0.941 bits per heavy atom. The number of carbonyl (C=O) groups excluding carboxylic acids is 1. The summed E-state index contributed by atoms with van der Waals surface area (Å²) in [6.07, 6.45) is 4.44. The largest absolute Gasteiger partial charge is 0.293 e. The van der Waals surface area contributed by atoms with Gasteiger partial charge in [-0.05, 0) is 54.5 Å². The Bertz CT molecular complexity index is 1370. The summed E-state index contributed by atoms with van der Waals surface area (Å²) in [5, 5.41) is 4.74. The molecule has 1 aliphatic rings. The molecular weight excluding hydrogens is 465 g/mol. The van der Waals surface area contributed by atoms with Crippen molar-refractivity contribution in [2.45, 2.75) is 6.42 Å². The molecule has 0 spiro atoms. The Hall–Kier alpha value is -3.55. The van der Waals surface area contributed by atoms with Gasteiger partial charge in [0.2, 0.25) is 0 Å². The summed E-state index contributed by atoms with van der Waals surface area (Å²) in [5.41, 5.74) is 4.24. The zero-order valence-electron chi connectivity index (χ0n) is 18.1. The van der Waals surface area contributed by atoms with Gasteiger partial charge in [0, 0.05) is 23.9 Å². The Balaban J connectivity index is 1.47. The van der Waals surface area contributed by atoms with E-state index in [1.165, 1.54) is 23.9 Å². The molecule has 5 rings (SSSR count). The van der Waals surface area contributed by atoms with Crippen molar-refractivity contribution in [3.05, 3.63) is 113 Å². The third-order valence-electron chi connectivity index (χ3n) is 5.51. The van der Waals surface area contributed by atoms with Crippen LogP contribution in [-0.2, 0) is 11.2 Å². The van der Waals surface area contributed by atoms with E-state index < -0.39 is 0 Å². The monoisotopic (exact) mass is 485 g/mol. The molecule has 0 unspecified atom stereocenters. The van der Waals surface area contributed by atoms with Gasteiger partial charge in [0.15, 0.2) is 0 Å². The maximum absolute atomic E-state index is 13.5. The normalized spacial score (nSPS) is 14.9. The van der Waals surface area contributed by atoms with E-state index in [2.05, 4.69) is 0 Å². The zero-order chi connectivity index (χ0) is 23.5. The molecule has 2 heterocycles. The van der Waals surface area contributed by atoms with Crippen molar-refractivity contribution in [2.75, 3.05) is 6.54 Å². The van der Waals surface area contributed by atoms with Crippen LogP contribution in [0.3, 0.4) is 0 Å². The summed E-state index contributed by atoms with van der Waals surface area (Å²) in [6.45, 7) is 0.528. The summed E-state index contributed by atoms with van der Waals surface area (Å²) >= 11 is 6.81. The first-order chi connectivity index (χ1) is 16.6. The topological polar surface area (TPSA) is 38.1 Å². The third kappa shape index (κ3) is 4.71. The Morgan fingerprint density at radius 3 is 2.32 bits per heavy atom. The van der Waals surface area contributed by atoms with Crippen LogP contribution < -0.4 is 0 Å². The average Bonchev–Trinajstić information content (AvgIpc) is 3.40. The molecule has 0 radical (unpaired) electrons. The minimum atomic E-state index is -0.313. The van der Waals surface area contributed by atoms with Crippen LogP contribution in [0.1, 0.15) is 11.1 Å². The molecule has 0 saturated carbocycles. The van der Waals surface area contributed by atoms with Gasteiger partial charge in [-0.15, -0.1) is 0 Å². The number of hydrogen-bond donors (Lipinski definition) is 0. The van der Waals surface area contributed by atoms with Gasteiger partial charge in [0.05, 0.1) is 16.3 Å². The highest BCUT2D eigenvalue weighted by Gasteiger charge is 2.32. The van der Waals surface area contributed by atoms with Crippen LogP contribution in [0.2, 0.25) is 0 Å². The summed E-state index contributed by atoms with van der Waals surface area (Å²) in [6, 6.07) is 25.9. The standard InChI is InChI=1S/C27H20FN3OS2/c28-22-13-11-20(12-14-22)25-21(18-31(29-25)23-9-5-2-6-10-23)17-24-26(32)30(27(33)34-24)16-15-19-7-3-1-4-8-19/h1-14,17-18H,15-16H2. The molecule has 168 valence electrons. The average molecular weight is 486 g/mol. The second-order valence-electron chi connectivity index (χ2n) is 7.79. The van der Waals surface area contributed by atoms with Crippen molar-refractivity contribution >= 4 is 40.3 Å². The molecule has 0 N–H and O–H groups in total. The van der Waals surface area contributed by atoms with Crippen molar-refractivity contribution in [3.63, 3.8) is 0 Å². The predicted octanol–water partition coefficient (Wildman–Crippen LogP) is 6.12. The first kappa shape index (κ1) is 22.3. The highest BCUT2D eigenvalue weighted by molar-refractivity contribution is 8.26. The van der Waals surface area contributed by atoms with E-state index in [0.717, 1.165) is 28.8 Å². The maximum Gasteiger partial charge on any atom is 0.266 e. The van der Waals surface area contributed by atoms with Gasteiger partial charge < -0.3 is 0 Å². The lowest BCUT2D eigenvalue weighted by molar-refractivity contribution is -0.122. The minimum absolute atomic E-state index is 0.108. The Labute approximate surface area is 206 Å². The molecular formula is C27H20FN3OS2. The number of halogens is 1. The molecule has 1 aromatic heterocycles. The van der Waals surface area contributed by atoms with Crippen molar-refractivity contribution in [1.29, 1.82) is 0 Å². The number of hydrogen-bond acceptors (Lipinski definition) is 4. The molecule has 1 fully saturated rings. The number of rotatable bonds is 6. The number of aromatic nitrogens is 2. The van der Waals surface area contributed by atoms with Crippen molar-refractivity contribution < 1.29 is 9.18 Å². The molecule has 3 aromatic carbocycles. The number of amides is 1. The number of nitrogens with zero attached hydrogens (tertiary/aromatic N) is 3. The fourth-order valence-electron chi connectivity index (χ4n) is 3.76. The van der Waals surface area contributed by atoms with Crippen LogP contribution in [0.25, 0.3) is 23.0 Å². The van der Waals surface area contributed by atoms with Crippen molar-refractivity contribution in [3.8, 4) is 16.9 Å². The summed E-state index contributed by atoms with van der Waals surface area (Å²) in [5.74, 6) is -0.421. The summed E-state index contributed by atoms with van der Waals surface area (Å²) < 4.78 is 15.8. The highest BCUT2D eigenvalue weighted by Crippen LogP contribution is 2.35. The Morgan fingerprint density at radius 2 is 1.62 bits per heavy atom. The quantitative estimate of drug-likeness (QED) is 0.244. The van der Waals surface area contributed by atoms with E-state index in [9.17, 15) is 9.18 Å². The lowest BCUT2D eigenvalue weighted by Gasteiger charge is -2.14. The van der Waals surface area contributed by atoms with Crippen LogP contribution >= 0.6 is 24.0 Å². The molecule has 1 aliphatic heterocycles. The lowest BCUT2D eigenvalue weighted by Crippen LogP contribution is -2.30. The Kier molecular flexibility index (Phi) is 6.38. The van der Waals surface area contributed by atoms with Gasteiger partial charge in [-0.3, -0.25) is 9.69 Å². The van der Waals surface area contributed by atoms with E-state index >= 15 is 0 Å². The van der Waals surface area contributed by atoms with Gasteiger partial charge in [0.25, 0.3) is 5.91 Å². The van der Waals surface area contributed by atoms with E-state index in [-0.39, 0.29) is 11.7 Å². The van der Waals surface area contributed by atoms with Crippen LogP contribution in [0.5, 0.6) is 0 Å². The van der Waals surface area contributed by atoms with Crippen LogP contribution in [0.4, 0.5) is 4.39 Å². The van der Waals surface area contributed by atoms with Gasteiger partial charge in [-0.25, -0.2) is 9.07 Å². The zero-order valence-corrected chi connectivity index (χ0v) is 19.7. The van der Waals surface area contributed by atoms with Crippen molar-refractivity contribution in [2.24, 2.45) is 0 Å². The number of thioether (sulfide) groups is 1. The molecule has 1 amide bonds. The van der Waals surface area contributed by atoms with Gasteiger partial charge in [-0.2, -0.15) is 5.10 Å². The van der Waals surface area contributed by atoms with Crippen LogP contribution in [-0.4, -0.2) is 31.5 Å². The van der Waals surface area contributed by atoms with E-state index in [1.807, 2.05) is 72.9 Å². The number of benzene rings is 3. The molecule has 0 atom stereocenters. The smallest absolute Gasteiger partial charge is 0.266 e. The fraction of sp³-hybridized carbons (Fsp3) is 0.0741. The number of para-hydroxylation sites is 1. The molecule has 7 heteroatoms. The maximum atomic E-state index is 13.5. The van der Waals surface area contributed by atoms with E-state index in [0.29, 0.717) is 21.5 Å². The first-order valence-corrected chi connectivity index (χ1v) is 12.0. The van der Waals surface area contributed by atoms with E-state index in [1.54, 1.807) is 21.7 Å². The summed E-state index contributed by atoms with van der Waals surface area (Å²) in [7, 11) is 0. The fourth-order valence-corrected chi connectivity index (χ4v) is 5.06. The first-order valence-electron chi connectivity index (χ1n) is 10.8. The molecule has 0 aliphatic carbocycles. The highest BCUT2D eigenvalue weighted by atomic mass is 32.2. The molecule has 34 heavy (non-hydrogen) atoms. The van der Waals surface area contributed by atoms with Gasteiger partial charge in [-0.1, -0.05) is 72.5 Å². The molecule has 4 nitrogen and oxygen atoms in total. The SMILES string of the molecule is O=C1C(=Cc2cn(-c3ccccc3)nc2-c2ccc(F)cc2)SC(=S)N1CCc1ccccc1. The van der Waals surface area contributed by atoms with E-state index in [4.69, 9.17) is 17.3 Å². The molecule has 4 aromatic rings. The van der Waals surface area contributed by atoms with Crippen molar-refractivity contribution in [1.82, 2.24) is 14.7 Å². The second-order valence-corrected chi connectivity index (χ2v) is 9.46. The molecule has 1 saturated heterocycles.